The summed E-state index contributed by atoms with van der Waals surface area (Å²) in [6.45, 7) is 2.76. The Kier molecular flexibility index (Phi) is 6.45. The molecule has 0 aromatic heterocycles. The number of nitrogens with one attached hydrogen (secondary N) is 2. The minimum atomic E-state index is -4.86. The van der Waals surface area contributed by atoms with Crippen LogP contribution in [0.1, 0.15) is 23.6 Å². The summed E-state index contributed by atoms with van der Waals surface area (Å²) >= 11 is 0. The lowest BCUT2D eigenvalue weighted by Crippen LogP contribution is -2.44. The smallest absolute Gasteiger partial charge is 0.351 e. The van der Waals surface area contributed by atoms with Gasteiger partial charge in [0.2, 0.25) is 15.9 Å². The van der Waals surface area contributed by atoms with Gasteiger partial charge in [-0.15, -0.1) is 0 Å². The van der Waals surface area contributed by atoms with Gasteiger partial charge in [0.25, 0.3) is 0 Å². The molecule has 0 spiro atoms. The minimum Gasteiger partial charge on any atom is -0.351 e. The van der Waals surface area contributed by atoms with Gasteiger partial charge in [-0.2, -0.15) is 17.9 Å². The Balaban J connectivity index is 2.10. The molecule has 0 radical (unpaired) electrons. The van der Waals surface area contributed by atoms with Crippen molar-refractivity contribution in [1.29, 1.82) is 0 Å². The quantitative estimate of drug-likeness (QED) is 0.708. The second kappa shape index (κ2) is 8.27. The van der Waals surface area contributed by atoms with Gasteiger partial charge >= 0.3 is 6.18 Å². The number of hydrogen-bond acceptors (Lipinski definition) is 3. The molecule has 0 aliphatic heterocycles. The second-order valence-electron chi connectivity index (χ2n) is 6.14. The summed E-state index contributed by atoms with van der Waals surface area (Å²) in [5.41, 5.74) is -0.356. The zero-order chi connectivity index (χ0) is 21.1. The third-order valence-corrected chi connectivity index (χ3v) is 5.50. The monoisotopic (exact) mass is 418 g/mol. The van der Waals surface area contributed by atoms with E-state index in [4.69, 9.17) is 0 Å². The van der Waals surface area contributed by atoms with Crippen LogP contribution in [-0.4, -0.2) is 20.4 Å². The lowest BCUT2D eigenvalue weighted by molar-refractivity contribution is -0.139. The Hall–Kier alpha value is -2.46. The fourth-order valence-electron chi connectivity index (χ4n) is 2.44. The van der Waals surface area contributed by atoms with E-state index in [0.717, 1.165) is 18.2 Å². The third kappa shape index (κ3) is 5.29. The predicted octanol–water partition coefficient (Wildman–Crippen LogP) is 3.14. The molecule has 152 valence electrons. The number of rotatable bonds is 6. The summed E-state index contributed by atoms with van der Waals surface area (Å²) in [5, 5.41) is 2.45. The lowest BCUT2D eigenvalue weighted by atomic mass is 10.1. The van der Waals surface area contributed by atoms with Crippen molar-refractivity contribution in [3.63, 3.8) is 0 Å². The number of carbonyl (C=O) groups excluding carboxylic acids is 1. The second-order valence-corrected chi connectivity index (χ2v) is 7.82. The van der Waals surface area contributed by atoms with Crippen LogP contribution in [0.3, 0.4) is 0 Å². The Morgan fingerprint density at radius 2 is 1.79 bits per heavy atom. The molecule has 0 heterocycles. The van der Waals surface area contributed by atoms with Gasteiger partial charge < -0.3 is 5.32 Å². The number of benzene rings is 2. The van der Waals surface area contributed by atoms with Crippen LogP contribution in [0.25, 0.3) is 0 Å². The molecule has 10 heteroatoms. The van der Waals surface area contributed by atoms with Crippen molar-refractivity contribution in [3.05, 3.63) is 65.0 Å². The molecule has 2 aromatic rings. The number of carbonyl (C=O) groups is 1. The molecule has 0 aliphatic rings. The van der Waals surface area contributed by atoms with E-state index in [1.54, 1.807) is 6.92 Å². The van der Waals surface area contributed by atoms with Crippen molar-refractivity contribution < 1.29 is 30.8 Å². The van der Waals surface area contributed by atoms with Gasteiger partial charge in [0.15, 0.2) is 0 Å². The van der Waals surface area contributed by atoms with E-state index >= 15 is 0 Å². The first kappa shape index (κ1) is 21.8. The molecule has 0 bridgehead atoms. The van der Waals surface area contributed by atoms with E-state index < -0.39 is 44.4 Å². The SMILES string of the molecule is Cc1cc(CNC(=O)[C@@H](C)NS(=O)(=O)c2ccccc2C(F)(F)F)ccc1F. The van der Waals surface area contributed by atoms with Crippen molar-refractivity contribution in [1.82, 2.24) is 10.0 Å². The van der Waals surface area contributed by atoms with E-state index in [1.807, 2.05) is 4.72 Å². The third-order valence-electron chi connectivity index (χ3n) is 3.90. The number of aryl methyl sites for hydroxylation is 1. The van der Waals surface area contributed by atoms with Crippen molar-refractivity contribution >= 4 is 15.9 Å². The van der Waals surface area contributed by atoms with Gasteiger partial charge in [-0.1, -0.05) is 24.3 Å². The zero-order valence-corrected chi connectivity index (χ0v) is 15.8. The molecule has 2 rings (SSSR count). The van der Waals surface area contributed by atoms with Gasteiger partial charge in [-0.05, 0) is 43.2 Å². The molecule has 0 saturated carbocycles. The highest BCUT2D eigenvalue weighted by molar-refractivity contribution is 7.89. The number of alkyl halides is 3. The minimum absolute atomic E-state index is 0.00512. The van der Waals surface area contributed by atoms with Crippen LogP contribution in [0.2, 0.25) is 0 Å². The maximum atomic E-state index is 13.2. The fraction of sp³-hybridized carbons (Fsp3) is 0.278. The van der Waals surface area contributed by atoms with Gasteiger partial charge in [0, 0.05) is 6.54 Å². The summed E-state index contributed by atoms with van der Waals surface area (Å²) in [6.07, 6.45) is -4.86. The summed E-state index contributed by atoms with van der Waals surface area (Å²) in [4.78, 5) is 11.2. The normalized spacial score (nSPS) is 13.2. The molecular weight excluding hydrogens is 400 g/mol. The van der Waals surface area contributed by atoms with E-state index in [1.165, 1.54) is 25.1 Å². The summed E-state index contributed by atoms with van der Waals surface area (Å²) in [6, 6.07) is 6.58. The van der Waals surface area contributed by atoms with Gasteiger partial charge in [-0.25, -0.2) is 12.8 Å². The molecule has 2 N–H and O–H groups in total. The summed E-state index contributed by atoms with van der Waals surface area (Å²) < 4.78 is 79.0. The van der Waals surface area contributed by atoms with Crippen molar-refractivity contribution in [3.8, 4) is 0 Å². The molecule has 5 nitrogen and oxygen atoms in total. The van der Waals surface area contributed by atoms with Crippen molar-refractivity contribution in [2.75, 3.05) is 0 Å². The Bertz CT molecular complexity index is 975. The highest BCUT2D eigenvalue weighted by Gasteiger charge is 2.37. The molecule has 0 saturated heterocycles. The van der Waals surface area contributed by atoms with Gasteiger partial charge in [-0.3, -0.25) is 4.79 Å². The van der Waals surface area contributed by atoms with Crippen molar-refractivity contribution in [2.24, 2.45) is 0 Å². The van der Waals surface area contributed by atoms with Crippen LogP contribution in [0.5, 0.6) is 0 Å². The number of sulfonamides is 1. The van der Waals surface area contributed by atoms with Crippen molar-refractivity contribution in [2.45, 2.75) is 37.5 Å². The Labute approximate surface area is 159 Å². The average Bonchev–Trinajstić information content (AvgIpc) is 2.61. The summed E-state index contributed by atoms with van der Waals surface area (Å²) in [7, 11) is -4.59. The molecule has 2 aromatic carbocycles. The van der Waals surface area contributed by atoms with Gasteiger partial charge in [0.1, 0.15) is 5.82 Å². The predicted molar refractivity (Wildman–Crippen MR) is 94.2 cm³/mol. The zero-order valence-electron chi connectivity index (χ0n) is 15.0. The fourth-order valence-corrected chi connectivity index (χ4v) is 3.87. The molecule has 1 amide bonds. The molecule has 28 heavy (non-hydrogen) atoms. The first-order chi connectivity index (χ1) is 12.9. The average molecular weight is 418 g/mol. The van der Waals surface area contributed by atoms with E-state index in [2.05, 4.69) is 5.32 Å². The number of amides is 1. The maximum absolute atomic E-state index is 13.2. The number of hydrogen-bond donors (Lipinski definition) is 2. The lowest BCUT2D eigenvalue weighted by Gasteiger charge is -2.17. The highest BCUT2D eigenvalue weighted by atomic mass is 32.2. The largest absolute Gasteiger partial charge is 0.417 e. The molecule has 0 fully saturated rings. The molecular formula is C18H18F4N2O3S. The number of halogens is 4. The van der Waals surface area contributed by atoms with E-state index in [9.17, 15) is 30.8 Å². The first-order valence-corrected chi connectivity index (χ1v) is 9.61. The van der Waals surface area contributed by atoms with E-state index in [0.29, 0.717) is 17.2 Å². The van der Waals surface area contributed by atoms with E-state index in [-0.39, 0.29) is 6.54 Å². The Morgan fingerprint density at radius 3 is 2.39 bits per heavy atom. The van der Waals surface area contributed by atoms with Crippen LogP contribution in [0.15, 0.2) is 47.4 Å². The first-order valence-electron chi connectivity index (χ1n) is 8.13. The topological polar surface area (TPSA) is 75.3 Å². The van der Waals surface area contributed by atoms with Crippen LogP contribution >= 0.6 is 0 Å². The molecule has 0 aliphatic carbocycles. The maximum Gasteiger partial charge on any atom is 0.417 e. The summed E-state index contributed by atoms with van der Waals surface area (Å²) in [5.74, 6) is -1.14. The van der Waals surface area contributed by atoms with Gasteiger partial charge in [0.05, 0.1) is 16.5 Å². The highest BCUT2D eigenvalue weighted by Crippen LogP contribution is 2.33. The molecule has 0 unspecified atom stereocenters. The van der Waals surface area contributed by atoms with Crippen LogP contribution < -0.4 is 10.0 Å². The van der Waals surface area contributed by atoms with Crippen LogP contribution in [0.4, 0.5) is 17.6 Å². The van der Waals surface area contributed by atoms with Crippen LogP contribution in [-0.2, 0) is 27.5 Å². The standard InChI is InChI=1S/C18H18F4N2O3S/c1-11-9-13(7-8-15(11)19)10-23-17(25)12(2)24-28(26,27)16-6-4-3-5-14(16)18(20,21)22/h3-9,12,24H,10H2,1-2H3,(H,23,25)/t12-/m1/s1. The van der Waals surface area contributed by atoms with Crippen LogP contribution in [0, 0.1) is 12.7 Å². The Morgan fingerprint density at radius 1 is 1.14 bits per heavy atom. The molecule has 1 atom stereocenters.